The van der Waals surface area contributed by atoms with Crippen LogP contribution in [0.1, 0.15) is 22.8 Å². The van der Waals surface area contributed by atoms with Crippen molar-refractivity contribution < 1.29 is 14.7 Å². The van der Waals surface area contributed by atoms with Crippen LogP contribution in [-0.2, 0) is 4.79 Å². The highest BCUT2D eigenvalue weighted by molar-refractivity contribution is 9.10. The van der Waals surface area contributed by atoms with Crippen molar-refractivity contribution in [1.82, 2.24) is 4.90 Å². The third-order valence-electron chi connectivity index (χ3n) is 3.62. The number of benzene rings is 1. The molecule has 0 aromatic heterocycles. The Morgan fingerprint density at radius 1 is 1.37 bits per heavy atom. The van der Waals surface area contributed by atoms with Gasteiger partial charge in [-0.3, -0.25) is 9.59 Å². The summed E-state index contributed by atoms with van der Waals surface area (Å²) in [6.07, 6.45) is 0. The summed E-state index contributed by atoms with van der Waals surface area (Å²) in [6.45, 7) is 4.60. The van der Waals surface area contributed by atoms with E-state index in [9.17, 15) is 9.59 Å². The molecule has 2 atom stereocenters. The van der Waals surface area contributed by atoms with Gasteiger partial charge in [-0.2, -0.15) is 0 Å². The van der Waals surface area contributed by atoms with Crippen LogP contribution >= 0.6 is 15.9 Å². The predicted octanol–water partition coefficient (Wildman–Crippen LogP) is 2.55. The molecule has 1 aromatic carbocycles. The van der Waals surface area contributed by atoms with Gasteiger partial charge in [0.2, 0.25) is 0 Å². The highest BCUT2D eigenvalue weighted by Gasteiger charge is 2.37. The van der Waals surface area contributed by atoms with Crippen molar-refractivity contribution in [2.24, 2.45) is 11.8 Å². The Labute approximate surface area is 120 Å². The Morgan fingerprint density at radius 2 is 2.05 bits per heavy atom. The Kier molecular flexibility index (Phi) is 3.94. The first-order valence-corrected chi connectivity index (χ1v) is 6.97. The van der Waals surface area contributed by atoms with Crippen LogP contribution in [0.3, 0.4) is 0 Å². The van der Waals surface area contributed by atoms with E-state index in [1.807, 2.05) is 26.0 Å². The highest BCUT2D eigenvalue weighted by Crippen LogP contribution is 2.25. The maximum Gasteiger partial charge on any atom is 0.308 e. The lowest BCUT2D eigenvalue weighted by atomic mass is 9.99. The van der Waals surface area contributed by atoms with Gasteiger partial charge >= 0.3 is 5.97 Å². The Hall–Kier alpha value is -1.36. The number of hydrogen-bond donors (Lipinski definition) is 1. The molecule has 1 aliphatic rings. The number of rotatable bonds is 2. The van der Waals surface area contributed by atoms with Crippen LogP contribution in [0.5, 0.6) is 0 Å². The molecular formula is C14H16BrNO3. The van der Waals surface area contributed by atoms with E-state index in [1.54, 1.807) is 11.0 Å². The molecule has 1 heterocycles. The summed E-state index contributed by atoms with van der Waals surface area (Å²) in [4.78, 5) is 25.0. The van der Waals surface area contributed by atoms with Crippen molar-refractivity contribution in [1.29, 1.82) is 0 Å². The Bertz CT molecular complexity index is 529. The van der Waals surface area contributed by atoms with Crippen LogP contribution in [0.2, 0.25) is 0 Å². The van der Waals surface area contributed by atoms with Gasteiger partial charge in [-0.1, -0.05) is 22.9 Å². The topological polar surface area (TPSA) is 57.6 Å². The van der Waals surface area contributed by atoms with Crippen molar-refractivity contribution in [2.75, 3.05) is 13.1 Å². The van der Waals surface area contributed by atoms with Crippen molar-refractivity contribution in [3.05, 3.63) is 33.8 Å². The van der Waals surface area contributed by atoms with Crippen LogP contribution in [0.25, 0.3) is 0 Å². The SMILES string of the molecule is Cc1cc(C(=O)N2C[C@@H](C)[C@H](C(=O)O)C2)ccc1Br. The molecule has 0 aliphatic carbocycles. The lowest BCUT2D eigenvalue weighted by Crippen LogP contribution is -2.29. The number of carbonyl (C=O) groups is 2. The fourth-order valence-corrected chi connectivity index (χ4v) is 2.66. The second-order valence-electron chi connectivity index (χ2n) is 5.10. The molecule has 0 spiro atoms. The van der Waals surface area contributed by atoms with Crippen LogP contribution in [0.15, 0.2) is 22.7 Å². The number of nitrogens with zero attached hydrogens (tertiary/aromatic N) is 1. The van der Waals surface area contributed by atoms with Crippen LogP contribution in [0.4, 0.5) is 0 Å². The Morgan fingerprint density at radius 3 is 2.58 bits per heavy atom. The summed E-state index contributed by atoms with van der Waals surface area (Å²) in [5.41, 5.74) is 1.60. The largest absolute Gasteiger partial charge is 0.481 e. The number of aryl methyl sites for hydroxylation is 1. The van der Waals surface area contributed by atoms with Crippen LogP contribution in [0, 0.1) is 18.8 Å². The molecule has 1 aromatic rings. The predicted molar refractivity (Wildman–Crippen MR) is 75.1 cm³/mol. The molecule has 1 aliphatic heterocycles. The number of carboxylic acids is 1. The zero-order valence-corrected chi connectivity index (χ0v) is 12.5. The molecule has 1 N–H and O–H groups in total. The van der Waals surface area contributed by atoms with E-state index in [0.29, 0.717) is 18.7 Å². The lowest BCUT2D eigenvalue weighted by molar-refractivity contribution is -0.142. The number of carboxylic acid groups (broad SMARTS) is 1. The summed E-state index contributed by atoms with van der Waals surface area (Å²) < 4.78 is 0.960. The number of likely N-dealkylation sites (tertiary alicyclic amines) is 1. The molecule has 1 fully saturated rings. The van der Waals surface area contributed by atoms with Crippen molar-refractivity contribution in [3.8, 4) is 0 Å². The van der Waals surface area contributed by atoms with Gasteiger partial charge in [0.15, 0.2) is 0 Å². The maximum absolute atomic E-state index is 12.3. The van der Waals surface area contributed by atoms with Gasteiger partial charge in [-0.25, -0.2) is 0 Å². The third-order valence-corrected chi connectivity index (χ3v) is 4.51. The summed E-state index contributed by atoms with van der Waals surface area (Å²) in [5.74, 6) is -1.38. The van der Waals surface area contributed by atoms with Gasteiger partial charge in [0.25, 0.3) is 5.91 Å². The second-order valence-corrected chi connectivity index (χ2v) is 5.95. The number of aliphatic carboxylic acids is 1. The van der Waals surface area contributed by atoms with Crippen molar-refractivity contribution in [3.63, 3.8) is 0 Å². The van der Waals surface area contributed by atoms with Crippen molar-refractivity contribution >= 4 is 27.8 Å². The van der Waals surface area contributed by atoms with Crippen molar-refractivity contribution in [2.45, 2.75) is 13.8 Å². The molecule has 2 rings (SSSR count). The van der Waals surface area contributed by atoms with Gasteiger partial charge < -0.3 is 10.0 Å². The van der Waals surface area contributed by atoms with E-state index in [2.05, 4.69) is 15.9 Å². The summed E-state index contributed by atoms with van der Waals surface area (Å²) in [7, 11) is 0. The smallest absolute Gasteiger partial charge is 0.308 e. The van der Waals surface area contributed by atoms with Gasteiger partial charge in [0, 0.05) is 23.1 Å². The molecule has 1 amide bonds. The molecule has 0 bridgehead atoms. The molecular weight excluding hydrogens is 310 g/mol. The molecule has 4 nitrogen and oxygen atoms in total. The minimum Gasteiger partial charge on any atom is -0.481 e. The fourth-order valence-electron chi connectivity index (χ4n) is 2.41. The van der Waals surface area contributed by atoms with Gasteiger partial charge in [0.05, 0.1) is 5.92 Å². The maximum atomic E-state index is 12.3. The summed E-state index contributed by atoms with van der Waals surface area (Å²) in [5, 5.41) is 9.09. The van der Waals surface area contributed by atoms with E-state index in [0.717, 1.165) is 10.0 Å². The van der Waals surface area contributed by atoms with E-state index < -0.39 is 11.9 Å². The van der Waals surface area contributed by atoms with Gasteiger partial charge in [-0.15, -0.1) is 0 Å². The second kappa shape index (κ2) is 5.33. The molecule has 102 valence electrons. The molecule has 0 unspecified atom stereocenters. The monoisotopic (exact) mass is 325 g/mol. The van der Waals surface area contributed by atoms with E-state index in [-0.39, 0.29) is 11.8 Å². The minimum atomic E-state index is -0.824. The summed E-state index contributed by atoms with van der Waals surface area (Å²) >= 11 is 3.40. The third kappa shape index (κ3) is 2.81. The quantitative estimate of drug-likeness (QED) is 0.909. The zero-order valence-electron chi connectivity index (χ0n) is 10.9. The molecule has 0 radical (unpaired) electrons. The van der Waals surface area contributed by atoms with Crippen LogP contribution in [-0.4, -0.2) is 35.0 Å². The first-order chi connectivity index (χ1) is 8.90. The first kappa shape index (κ1) is 14.1. The normalized spacial score (nSPS) is 22.6. The molecule has 1 saturated heterocycles. The number of halogens is 1. The van der Waals surface area contributed by atoms with Gasteiger partial charge in [0.1, 0.15) is 0 Å². The van der Waals surface area contributed by atoms with E-state index in [4.69, 9.17) is 5.11 Å². The number of amides is 1. The molecule has 0 saturated carbocycles. The first-order valence-electron chi connectivity index (χ1n) is 6.18. The lowest BCUT2D eigenvalue weighted by Gasteiger charge is -2.16. The average molecular weight is 326 g/mol. The Balaban J connectivity index is 2.17. The van der Waals surface area contributed by atoms with E-state index >= 15 is 0 Å². The summed E-state index contributed by atoms with van der Waals surface area (Å²) in [6, 6.07) is 5.43. The molecule has 19 heavy (non-hydrogen) atoms. The van der Waals surface area contributed by atoms with E-state index in [1.165, 1.54) is 0 Å². The standard InChI is InChI=1S/C14H16BrNO3/c1-8-5-10(3-4-12(8)15)13(17)16-6-9(2)11(7-16)14(18)19/h3-5,9,11H,6-7H2,1-2H3,(H,18,19)/t9-,11-/m1/s1. The van der Waals surface area contributed by atoms with Gasteiger partial charge in [-0.05, 0) is 36.6 Å². The molecule has 5 heteroatoms. The average Bonchev–Trinajstić information content (AvgIpc) is 2.74. The number of hydrogen-bond acceptors (Lipinski definition) is 2. The van der Waals surface area contributed by atoms with Crippen LogP contribution < -0.4 is 0 Å². The zero-order chi connectivity index (χ0) is 14.2. The fraction of sp³-hybridized carbons (Fsp3) is 0.429. The highest BCUT2D eigenvalue weighted by atomic mass is 79.9. The number of carbonyl (C=O) groups excluding carboxylic acids is 1. The minimum absolute atomic E-state index is 0.00186.